The van der Waals surface area contributed by atoms with Gasteiger partial charge in [-0.25, -0.2) is 4.79 Å². The van der Waals surface area contributed by atoms with Crippen LogP contribution in [0.25, 0.3) is 0 Å². The first-order chi connectivity index (χ1) is 14.2. The Hall–Kier alpha value is -2.74. The lowest BCUT2D eigenvalue weighted by molar-refractivity contribution is -0.138. The molecule has 0 unspecified atom stereocenters. The lowest BCUT2D eigenvalue weighted by Crippen LogP contribution is -2.39. The van der Waals surface area contributed by atoms with Gasteiger partial charge in [-0.3, -0.25) is 4.79 Å². The summed E-state index contributed by atoms with van der Waals surface area (Å²) in [5.74, 6) is -0.255. The zero-order valence-electron chi connectivity index (χ0n) is 16.1. The van der Waals surface area contributed by atoms with Crippen LogP contribution in [-0.4, -0.2) is 47.9 Å². The summed E-state index contributed by atoms with van der Waals surface area (Å²) in [5.41, 5.74) is 0.163. The predicted molar refractivity (Wildman–Crippen MR) is 108 cm³/mol. The number of alkyl halides is 3. The van der Waals surface area contributed by atoms with Crippen LogP contribution in [0.1, 0.15) is 17.5 Å². The minimum absolute atomic E-state index is 0.110. The molecule has 0 bridgehead atoms. The number of nitrogens with zero attached hydrogens (tertiary/aromatic N) is 2. The van der Waals surface area contributed by atoms with E-state index in [0.29, 0.717) is 48.9 Å². The van der Waals surface area contributed by atoms with Crippen molar-refractivity contribution >= 4 is 29.2 Å². The number of amides is 3. The summed E-state index contributed by atoms with van der Waals surface area (Å²) in [6.45, 7) is 1.59. The molecule has 2 aromatic rings. The first kappa shape index (κ1) is 22.0. The van der Waals surface area contributed by atoms with Gasteiger partial charge in [-0.05, 0) is 42.3 Å². The van der Waals surface area contributed by atoms with Crippen LogP contribution in [0.4, 0.5) is 23.7 Å². The van der Waals surface area contributed by atoms with Crippen molar-refractivity contribution < 1.29 is 22.8 Å². The molecular formula is C21H21ClF3N3O2. The zero-order chi connectivity index (χ0) is 21.7. The summed E-state index contributed by atoms with van der Waals surface area (Å²) >= 11 is 5.84. The summed E-state index contributed by atoms with van der Waals surface area (Å²) in [6.07, 6.45) is -3.97. The highest BCUT2D eigenvalue weighted by atomic mass is 35.5. The van der Waals surface area contributed by atoms with Crippen molar-refractivity contribution in [2.45, 2.75) is 19.0 Å². The quantitative estimate of drug-likeness (QED) is 0.755. The zero-order valence-corrected chi connectivity index (χ0v) is 16.8. The molecule has 0 radical (unpaired) electrons. The molecule has 2 aromatic carbocycles. The van der Waals surface area contributed by atoms with Crippen molar-refractivity contribution in [1.82, 2.24) is 9.80 Å². The predicted octanol–water partition coefficient (Wildman–Crippen LogP) is 4.67. The largest absolute Gasteiger partial charge is 0.416 e. The summed E-state index contributed by atoms with van der Waals surface area (Å²) in [4.78, 5) is 28.3. The minimum atomic E-state index is -4.44. The van der Waals surface area contributed by atoms with Crippen molar-refractivity contribution in [2.24, 2.45) is 0 Å². The van der Waals surface area contributed by atoms with Gasteiger partial charge in [0, 0.05) is 36.9 Å². The van der Waals surface area contributed by atoms with E-state index >= 15 is 0 Å². The number of hydrogen-bond donors (Lipinski definition) is 1. The maximum Gasteiger partial charge on any atom is 0.416 e. The van der Waals surface area contributed by atoms with Crippen molar-refractivity contribution in [1.29, 1.82) is 0 Å². The van der Waals surface area contributed by atoms with E-state index in [4.69, 9.17) is 11.6 Å². The van der Waals surface area contributed by atoms with Gasteiger partial charge >= 0.3 is 12.2 Å². The molecular weight excluding hydrogens is 419 g/mol. The van der Waals surface area contributed by atoms with E-state index in [1.807, 2.05) is 0 Å². The summed E-state index contributed by atoms with van der Waals surface area (Å²) in [6, 6.07) is 11.3. The number of benzene rings is 2. The number of carbonyl (C=O) groups is 2. The summed E-state index contributed by atoms with van der Waals surface area (Å²) < 4.78 is 38.6. The second-order valence-electron chi connectivity index (χ2n) is 7.03. The van der Waals surface area contributed by atoms with Crippen LogP contribution in [0.5, 0.6) is 0 Å². The van der Waals surface area contributed by atoms with Crippen LogP contribution in [-0.2, 0) is 17.4 Å². The first-order valence-electron chi connectivity index (χ1n) is 9.48. The van der Waals surface area contributed by atoms with Gasteiger partial charge in [0.2, 0.25) is 5.91 Å². The molecule has 1 saturated heterocycles. The molecule has 5 nitrogen and oxygen atoms in total. The first-order valence-corrected chi connectivity index (χ1v) is 9.85. The van der Waals surface area contributed by atoms with Crippen LogP contribution in [0.15, 0.2) is 48.5 Å². The maximum atomic E-state index is 12.9. The molecule has 1 aliphatic heterocycles. The number of hydrogen-bond acceptors (Lipinski definition) is 2. The minimum Gasteiger partial charge on any atom is -0.341 e. The number of carbonyl (C=O) groups excluding carboxylic acids is 2. The van der Waals surface area contributed by atoms with Gasteiger partial charge in [0.25, 0.3) is 0 Å². The van der Waals surface area contributed by atoms with Crippen LogP contribution >= 0.6 is 11.6 Å². The Morgan fingerprint density at radius 2 is 1.63 bits per heavy atom. The molecule has 0 aromatic heterocycles. The van der Waals surface area contributed by atoms with E-state index in [9.17, 15) is 22.8 Å². The molecule has 0 spiro atoms. The smallest absolute Gasteiger partial charge is 0.341 e. The van der Waals surface area contributed by atoms with Crippen LogP contribution in [0.3, 0.4) is 0 Å². The number of rotatable bonds is 3. The van der Waals surface area contributed by atoms with Crippen molar-refractivity contribution in [3.8, 4) is 0 Å². The van der Waals surface area contributed by atoms with E-state index < -0.39 is 11.7 Å². The molecule has 1 fully saturated rings. The molecule has 1 heterocycles. The van der Waals surface area contributed by atoms with Gasteiger partial charge < -0.3 is 15.1 Å². The third-order valence-corrected chi connectivity index (χ3v) is 5.09. The van der Waals surface area contributed by atoms with Crippen LogP contribution in [0.2, 0.25) is 5.02 Å². The third-order valence-electron chi connectivity index (χ3n) is 4.84. The van der Waals surface area contributed by atoms with Gasteiger partial charge in [-0.1, -0.05) is 29.8 Å². The van der Waals surface area contributed by atoms with Gasteiger partial charge in [-0.2, -0.15) is 13.2 Å². The van der Waals surface area contributed by atoms with E-state index in [1.165, 1.54) is 12.1 Å². The topological polar surface area (TPSA) is 52.7 Å². The van der Waals surface area contributed by atoms with Crippen molar-refractivity contribution in [2.75, 3.05) is 31.5 Å². The maximum absolute atomic E-state index is 12.9. The number of urea groups is 1. The molecule has 9 heteroatoms. The van der Waals surface area contributed by atoms with E-state index in [-0.39, 0.29) is 18.4 Å². The molecule has 0 saturated carbocycles. The summed E-state index contributed by atoms with van der Waals surface area (Å²) in [5, 5.41) is 3.36. The Morgan fingerprint density at radius 3 is 2.33 bits per heavy atom. The van der Waals surface area contributed by atoms with Crippen molar-refractivity contribution in [3.63, 3.8) is 0 Å². The van der Waals surface area contributed by atoms with E-state index in [0.717, 1.165) is 12.1 Å². The number of nitrogens with one attached hydrogen (secondary N) is 1. The third kappa shape index (κ3) is 5.89. The fraction of sp³-hybridized carbons (Fsp3) is 0.333. The molecule has 1 aliphatic rings. The fourth-order valence-corrected chi connectivity index (χ4v) is 3.38. The van der Waals surface area contributed by atoms with Gasteiger partial charge in [0.15, 0.2) is 0 Å². The fourth-order valence-electron chi connectivity index (χ4n) is 3.25. The Labute approximate surface area is 177 Å². The highest BCUT2D eigenvalue weighted by Gasteiger charge is 2.30. The molecule has 3 rings (SSSR count). The Kier molecular flexibility index (Phi) is 6.87. The number of halogens is 4. The van der Waals surface area contributed by atoms with Gasteiger partial charge in [0.05, 0.1) is 12.0 Å². The van der Waals surface area contributed by atoms with Gasteiger partial charge in [0.1, 0.15) is 0 Å². The second-order valence-corrected chi connectivity index (χ2v) is 7.47. The number of anilines is 1. The Bertz CT molecular complexity index is 903. The molecule has 1 N–H and O–H groups in total. The van der Waals surface area contributed by atoms with E-state index in [1.54, 1.807) is 34.1 Å². The normalized spacial score (nSPS) is 14.9. The average Bonchev–Trinajstić information content (AvgIpc) is 2.96. The molecule has 0 aliphatic carbocycles. The monoisotopic (exact) mass is 439 g/mol. The lowest BCUT2D eigenvalue weighted by atomic mass is 10.1. The summed E-state index contributed by atoms with van der Waals surface area (Å²) in [7, 11) is 0. The molecule has 3 amide bonds. The lowest BCUT2D eigenvalue weighted by Gasteiger charge is -2.22. The van der Waals surface area contributed by atoms with Crippen LogP contribution < -0.4 is 5.32 Å². The molecule has 0 atom stereocenters. The Morgan fingerprint density at radius 1 is 0.967 bits per heavy atom. The molecule has 160 valence electrons. The van der Waals surface area contributed by atoms with Crippen molar-refractivity contribution in [3.05, 3.63) is 64.7 Å². The average molecular weight is 440 g/mol. The highest BCUT2D eigenvalue weighted by Crippen LogP contribution is 2.29. The van der Waals surface area contributed by atoms with E-state index in [2.05, 4.69) is 5.32 Å². The standard InChI is InChI=1S/C21H21ClF3N3O2/c22-17-5-7-18(8-6-17)26-20(30)28-10-2-9-27(11-12-28)19(29)14-15-3-1-4-16(13-15)21(23,24)25/h1,3-8,13H,2,9-12,14H2,(H,26,30). The highest BCUT2D eigenvalue weighted by molar-refractivity contribution is 6.30. The Balaban J connectivity index is 1.56. The van der Waals surface area contributed by atoms with Crippen LogP contribution in [0, 0.1) is 0 Å². The second kappa shape index (κ2) is 9.38. The SMILES string of the molecule is O=C(Cc1cccc(C(F)(F)F)c1)N1CCCN(C(=O)Nc2ccc(Cl)cc2)CC1. The van der Waals surface area contributed by atoms with Gasteiger partial charge in [-0.15, -0.1) is 0 Å². The molecule has 30 heavy (non-hydrogen) atoms.